The summed E-state index contributed by atoms with van der Waals surface area (Å²) in [4.78, 5) is 13.9. The summed E-state index contributed by atoms with van der Waals surface area (Å²) in [6.07, 6.45) is 1.98. The maximum Gasteiger partial charge on any atom is 0.255 e. The Morgan fingerprint density at radius 2 is 2.30 bits per heavy atom. The third kappa shape index (κ3) is 3.73. The molecule has 0 aliphatic rings. The van der Waals surface area contributed by atoms with E-state index in [-0.39, 0.29) is 12.5 Å². The largest absolute Gasteiger partial charge is 0.469 e. The van der Waals surface area contributed by atoms with Gasteiger partial charge in [0.1, 0.15) is 5.76 Å². The monoisotopic (exact) mass is 289 g/mol. The maximum absolute atomic E-state index is 11.9. The number of aliphatic hydroxyl groups excluding tert-OH is 1. The molecule has 5 heteroatoms. The fourth-order valence-corrected chi connectivity index (χ4v) is 2.45. The predicted molar refractivity (Wildman–Crippen MR) is 77.5 cm³/mol. The van der Waals surface area contributed by atoms with Gasteiger partial charge in [0.15, 0.2) is 0 Å². The number of aliphatic hydroxyl groups is 1. The molecular weight excluding hydrogens is 274 g/mol. The van der Waals surface area contributed by atoms with E-state index in [1.807, 2.05) is 12.1 Å². The van der Waals surface area contributed by atoms with Gasteiger partial charge in [-0.05, 0) is 25.1 Å². The summed E-state index contributed by atoms with van der Waals surface area (Å²) in [5.41, 5.74) is 0.560. The van der Waals surface area contributed by atoms with Crippen LogP contribution in [-0.2, 0) is 6.54 Å². The number of thiophene rings is 1. The van der Waals surface area contributed by atoms with Crippen LogP contribution < -0.4 is 5.32 Å². The molecule has 104 valence electrons. The lowest BCUT2D eigenvalue weighted by molar-refractivity contribution is 0.0950. The molecule has 2 N–H and O–H groups in total. The van der Waals surface area contributed by atoms with Gasteiger partial charge >= 0.3 is 0 Å². The molecular formula is C15H15NO3S. The van der Waals surface area contributed by atoms with Crippen molar-refractivity contribution < 1.29 is 14.3 Å². The molecule has 2 aromatic rings. The summed E-state index contributed by atoms with van der Waals surface area (Å²) in [6.45, 7) is 2.30. The lowest BCUT2D eigenvalue weighted by Gasteiger charge is -2.01. The summed E-state index contributed by atoms with van der Waals surface area (Å²) in [6, 6.07) is 5.51. The highest BCUT2D eigenvalue weighted by molar-refractivity contribution is 7.12. The molecule has 0 atom stereocenters. The molecule has 0 fully saturated rings. The Labute approximate surface area is 121 Å². The highest BCUT2D eigenvalue weighted by atomic mass is 32.1. The van der Waals surface area contributed by atoms with Crippen LogP contribution in [0.1, 0.15) is 32.3 Å². The highest BCUT2D eigenvalue weighted by Gasteiger charge is 2.11. The van der Waals surface area contributed by atoms with Crippen molar-refractivity contribution in [2.75, 3.05) is 6.61 Å². The lowest BCUT2D eigenvalue weighted by Crippen LogP contribution is -2.22. The van der Waals surface area contributed by atoms with Crippen molar-refractivity contribution in [2.45, 2.75) is 19.9 Å². The van der Waals surface area contributed by atoms with Gasteiger partial charge in [-0.2, -0.15) is 0 Å². The summed E-state index contributed by atoms with van der Waals surface area (Å²) in [5.74, 6) is 6.32. The van der Waals surface area contributed by atoms with E-state index in [0.717, 1.165) is 9.75 Å². The van der Waals surface area contributed by atoms with Gasteiger partial charge in [-0.1, -0.05) is 11.8 Å². The molecule has 20 heavy (non-hydrogen) atoms. The fourth-order valence-electron chi connectivity index (χ4n) is 1.63. The van der Waals surface area contributed by atoms with Crippen LogP contribution in [0.15, 0.2) is 28.9 Å². The summed E-state index contributed by atoms with van der Waals surface area (Å²) in [7, 11) is 0. The van der Waals surface area contributed by atoms with Gasteiger partial charge < -0.3 is 14.8 Å². The average molecular weight is 289 g/mol. The highest BCUT2D eigenvalue weighted by Crippen LogP contribution is 2.16. The van der Waals surface area contributed by atoms with Gasteiger partial charge in [-0.15, -0.1) is 11.3 Å². The number of nitrogens with one attached hydrogen (secondary N) is 1. The Kier molecular flexibility index (Phi) is 4.99. The number of rotatable bonds is 4. The number of hydrogen-bond acceptors (Lipinski definition) is 4. The van der Waals surface area contributed by atoms with Crippen LogP contribution in [0.3, 0.4) is 0 Å². The Hall–Kier alpha value is -2.03. The minimum Gasteiger partial charge on any atom is -0.469 e. The van der Waals surface area contributed by atoms with Gasteiger partial charge in [0.25, 0.3) is 5.91 Å². The van der Waals surface area contributed by atoms with E-state index in [0.29, 0.717) is 24.3 Å². The zero-order valence-corrected chi connectivity index (χ0v) is 11.9. The van der Waals surface area contributed by atoms with Crippen molar-refractivity contribution in [1.29, 1.82) is 0 Å². The molecule has 0 aliphatic carbocycles. The molecule has 0 bridgehead atoms. The zero-order valence-electron chi connectivity index (χ0n) is 11.1. The third-order valence-electron chi connectivity index (χ3n) is 2.64. The number of carbonyl (C=O) groups excluding carboxylic acids is 1. The second-order valence-corrected chi connectivity index (χ2v) is 5.28. The molecule has 4 nitrogen and oxygen atoms in total. The minimum atomic E-state index is -0.141. The first-order valence-corrected chi connectivity index (χ1v) is 7.03. The number of hydrogen-bond donors (Lipinski definition) is 2. The summed E-state index contributed by atoms with van der Waals surface area (Å²) >= 11 is 1.53. The summed E-state index contributed by atoms with van der Waals surface area (Å²) < 4.78 is 5.10. The predicted octanol–water partition coefficient (Wildman–Crippen LogP) is 2.31. The van der Waals surface area contributed by atoms with Gasteiger partial charge in [-0.3, -0.25) is 4.79 Å². The van der Waals surface area contributed by atoms with Crippen LogP contribution in [0, 0.1) is 18.8 Å². The van der Waals surface area contributed by atoms with Gasteiger partial charge in [-0.25, -0.2) is 0 Å². The average Bonchev–Trinajstić information content (AvgIpc) is 3.05. The van der Waals surface area contributed by atoms with Crippen molar-refractivity contribution in [2.24, 2.45) is 0 Å². The molecule has 0 aliphatic heterocycles. The Morgan fingerprint density at radius 1 is 1.45 bits per heavy atom. The Bertz CT molecular complexity index is 645. The molecule has 2 rings (SSSR count). The van der Waals surface area contributed by atoms with E-state index in [9.17, 15) is 4.79 Å². The standard InChI is InChI=1S/C15H15NO3S/c1-11-14(7-9-19-11)15(18)16-10-13-6-5-12(20-13)4-2-3-8-17/h5-7,9,17H,3,8,10H2,1H3,(H,16,18). The number of amides is 1. The number of carbonyl (C=O) groups is 1. The van der Waals surface area contributed by atoms with Crippen LogP contribution >= 0.6 is 11.3 Å². The second-order valence-electron chi connectivity index (χ2n) is 4.11. The van der Waals surface area contributed by atoms with E-state index in [1.54, 1.807) is 13.0 Å². The molecule has 0 saturated heterocycles. The normalized spacial score (nSPS) is 9.90. The minimum absolute atomic E-state index is 0.0747. The van der Waals surface area contributed by atoms with Crippen LogP contribution in [0.4, 0.5) is 0 Å². The first kappa shape index (κ1) is 14.4. The zero-order chi connectivity index (χ0) is 14.4. The summed E-state index contributed by atoms with van der Waals surface area (Å²) in [5, 5.41) is 11.5. The maximum atomic E-state index is 11.9. The van der Waals surface area contributed by atoms with Crippen LogP contribution in [0.2, 0.25) is 0 Å². The van der Waals surface area contributed by atoms with Crippen LogP contribution in [-0.4, -0.2) is 17.6 Å². The first-order valence-electron chi connectivity index (χ1n) is 6.21. The van der Waals surface area contributed by atoms with Gasteiger partial charge in [0.05, 0.1) is 29.9 Å². The van der Waals surface area contributed by atoms with Crippen LogP contribution in [0.25, 0.3) is 0 Å². The molecule has 0 radical (unpaired) electrons. The van der Waals surface area contributed by atoms with Gasteiger partial charge in [0, 0.05) is 11.3 Å². The number of aryl methyl sites for hydroxylation is 1. The molecule has 2 aromatic heterocycles. The van der Waals surface area contributed by atoms with E-state index < -0.39 is 0 Å². The van der Waals surface area contributed by atoms with Crippen molar-refractivity contribution in [3.63, 3.8) is 0 Å². The third-order valence-corrected chi connectivity index (χ3v) is 3.64. The van der Waals surface area contributed by atoms with E-state index >= 15 is 0 Å². The SMILES string of the molecule is Cc1occc1C(=O)NCc1ccc(C#CCCO)s1. The number of furan rings is 1. The molecule has 0 spiro atoms. The smallest absolute Gasteiger partial charge is 0.255 e. The van der Waals surface area contributed by atoms with E-state index in [2.05, 4.69) is 17.2 Å². The van der Waals surface area contributed by atoms with E-state index in [1.165, 1.54) is 17.6 Å². The quantitative estimate of drug-likeness (QED) is 0.849. The first-order chi connectivity index (χ1) is 9.70. The molecule has 0 unspecified atom stereocenters. The molecule has 1 amide bonds. The van der Waals surface area contributed by atoms with Crippen LogP contribution in [0.5, 0.6) is 0 Å². The molecule has 0 saturated carbocycles. The van der Waals surface area contributed by atoms with Gasteiger partial charge in [0.2, 0.25) is 0 Å². The van der Waals surface area contributed by atoms with Crippen molar-refractivity contribution in [3.8, 4) is 11.8 Å². The topological polar surface area (TPSA) is 62.5 Å². The van der Waals surface area contributed by atoms with E-state index in [4.69, 9.17) is 9.52 Å². The lowest BCUT2D eigenvalue weighted by atomic mass is 10.2. The van der Waals surface area contributed by atoms with Crippen molar-refractivity contribution in [1.82, 2.24) is 5.32 Å². The molecule has 0 aromatic carbocycles. The van der Waals surface area contributed by atoms with Crippen molar-refractivity contribution >= 4 is 17.2 Å². The second kappa shape index (κ2) is 6.94. The Balaban J connectivity index is 1.90. The Morgan fingerprint density at radius 3 is 3.00 bits per heavy atom. The molecule has 2 heterocycles. The fraction of sp³-hybridized carbons (Fsp3) is 0.267. The van der Waals surface area contributed by atoms with Crippen molar-refractivity contribution in [3.05, 3.63) is 45.5 Å².